The number of aromatic amines is 1. The van der Waals surface area contributed by atoms with E-state index in [0.717, 1.165) is 22.9 Å². The Hall–Kier alpha value is -3.48. The third-order valence-corrected chi connectivity index (χ3v) is 6.88. The number of benzene rings is 1. The summed E-state index contributed by atoms with van der Waals surface area (Å²) in [7, 11) is 0. The van der Waals surface area contributed by atoms with Crippen LogP contribution in [0.1, 0.15) is 52.0 Å². The van der Waals surface area contributed by atoms with Crippen molar-refractivity contribution in [3.63, 3.8) is 0 Å². The van der Waals surface area contributed by atoms with Crippen molar-refractivity contribution < 1.29 is 29.4 Å². The molecule has 1 aromatic heterocycles. The van der Waals surface area contributed by atoms with Crippen LogP contribution in [0.3, 0.4) is 0 Å². The number of amides is 3. The van der Waals surface area contributed by atoms with Crippen LogP contribution < -0.4 is 27.4 Å². The lowest BCUT2D eigenvalue weighted by atomic mass is 9.96. The number of carboxylic acid groups (broad SMARTS) is 1. The number of hydrogen-bond donors (Lipinski definition) is 8. The minimum absolute atomic E-state index is 0.122. The molecule has 0 aliphatic carbocycles. The number of aliphatic hydroxyl groups is 1. The summed E-state index contributed by atoms with van der Waals surface area (Å²) in [6.07, 6.45) is 2.81. The topological polar surface area (TPSA) is 213 Å². The van der Waals surface area contributed by atoms with Gasteiger partial charge in [0.2, 0.25) is 17.7 Å². The molecule has 0 aliphatic heterocycles. The lowest BCUT2D eigenvalue weighted by molar-refractivity contribution is -0.145. The number of carbonyl (C=O) groups excluding carboxylic acids is 3. The van der Waals surface area contributed by atoms with Gasteiger partial charge in [0.05, 0.1) is 12.1 Å². The molecule has 2 rings (SSSR count). The Bertz CT molecular complexity index is 1120. The fraction of sp³-hybridized carbons (Fsp3) is 0.556. The Morgan fingerprint density at radius 3 is 2.26 bits per heavy atom. The molecular formula is C27H42N6O6. The number of unbranched alkanes of at least 4 members (excludes halogenated alkanes) is 1. The SMILES string of the molecule is CCC(C)C(NC(=O)C(Cc1c[nH]c2ccccc12)NC(=O)C(N)CCCCN)C(=O)NC(C(=O)O)C(C)O. The van der Waals surface area contributed by atoms with Crippen molar-refractivity contribution >= 4 is 34.6 Å². The summed E-state index contributed by atoms with van der Waals surface area (Å²) >= 11 is 0. The first kappa shape index (κ1) is 31.7. The summed E-state index contributed by atoms with van der Waals surface area (Å²) in [4.78, 5) is 54.2. The van der Waals surface area contributed by atoms with Crippen molar-refractivity contribution in [1.82, 2.24) is 20.9 Å². The zero-order valence-electron chi connectivity index (χ0n) is 22.8. The van der Waals surface area contributed by atoms with Gasteiger partial charge in [-0.05, 0) is 43.9 Å². The summed E-state index contributed by atoms with van der Waals surface area (Å²) in [5.74, 6) is -3.65. The highest BCUT2D eigenvalue weighted by molar-refractivity contribution is 5.95. The van der Waals surface area contributed by atoms with Crippen molar-refractivity contribution in [1.29, 1.82) is 0 Å². The fourth-order valence-electron chi connectivity index (χ4n) is 4.24. The van der Waals surface area contributed by atoms with Gasteiger partial charge in [0.25, 0.3) is 0 Å². The Morgan fingerprint density at radius 1 is 0.974 bits per heavy atom. The van der Waals surface area contributed by atoms with E-state index in [1.165, 1.54) is 6.92 Å². The molecule has 2 aromatic rings. The van der Waals surface area contributed by atoms with Crippen LogP contribution in [0.15, 0.2) is 30.5 Å². The van der Waals surface area contributed by atoms with E-state index in [2.05, 4.69) is 20.9 Å². The van der Waals surface area contributed by atoms with Gasteiger partial charge in [0, 0.05) is 23.5 Å². The number of aliphatic hydroxyl groups excluding tert-OH is 1. The highest BCUT2D eigenvalue weighted by atomic mass is 16.4. The summed E-state index contributed by atoms with van der Waals surface area (Å²) < 4.78 is 0. The van der Waals surface area contributed by atoms with Crippen LogP contribution in [0.5, 0.6) is 0 Å². The maximum atomic E-state index is 13.6. The minimum atomic E-state index is -1.55. The third kappa shape index (κ3) is 9.05. The second-order valence-electron chi connectivity index (χ2n) is 9.95. The van der Waals surface area contributed by atoms with Crippen LogP contribution >= 0.6 is 0 Å². The van der Waals surface area contributed by atoms with E-state index in [-0.39, 0.29) is 12.3 Å². The number of nitrogens with one attached hydrogen (secondary N) is 4. The molecule has 1 heterocycles. The van der Waals surface area contributed by atoms with Crippen LogP contribution in [0.4, 0.5) is 0 Å². The average Bonchev–Trinajstić information content (AvgIpc) is 3.31. The fourth-order valence-corrected chi connectivity index (χ4v) is 4.24. The Balaban J connectivity index is 2.30. The number of para-hydroxylation sites is 1. The van der Waals surface area contributed by atoms with Crippen LogP contribution in [-0.2, 0) is 25.6 Å². The van der Waals surface area contributed by atoms with E-state index < -0.39 is 54.0 Å². The van der Waals surface area contributed by atoms with E-state index in [4.69, 9.17) is 11.5 Å². The number of carbonyl (C=O) groups is 4. The second kappa shape index (κ2) is 15.2. The van der Waals surface area contributed by atoms with E-state index >= 15 is 0 Å². The van der Waals surface area contributed by atoms with Crippen LogP contribution in [0.25, 0.3) is 10.9 Å². The largest absolute Gasteiger partial charge is 0.480 e. The zero-order chi connectivity index (χ0) is 29.1. The molecule has 216 valence electrons. The first-order valence-electron chi connectivity index (χ1n) is 13.3. The molecule has 6 unspecified atom stereocenters. The molecular weight excluding hydrogens is 504 g/mol. The molecule has 0 saturated carbocycles. The van der Waals surface area contributed by atoms with Gasteiger partial charge in [-0.25, -0.2) is 4.79 Å². The van der Waals surface area contributed by atoms with Crippen molar-refractivity contribution in [3.05, 3.63) is 36.0 Å². The first-order valence-corrected chi connectivity index (χ1v) is 13.3. The Labute approximate surface area is 228 Å². The molecule has 3 amide bonds. The number of nitrogens with two attached hydrogens (primary N) is 2. The predicted molar refractivity (Wildman–Crippen MR) is 147 cm³/mol. The molecule has 0 radical (unpaired) electrons. The second-order valence-corrected chi connectivity index (χ2v) is 9.95. The van der Waals surface area contributed by atoms with E-state index in [1.807, 2.05) is 31.2 Å². The van der Waals surface area contributed by atoms with Gasteiger partial charge in [0.1, 0.15) is 12.1 Å². The highest BCUT2D eigenvalue weighted by Crippen LogP contribution is 2.20. The van der Waals surface area contributed by atoms with Crippen LogP contribution in [-0.4, -0.2) is 75.7 Å². The van der Waals surface area contributed by atoms with Gasteiger partial charge in [0.15, 0.2) is 6.04 Å². The predicted octanol–water partition coefficient (Wildman–Crippen LogP) is 0.133. The molecule has 1 aromatic carbocycles. The lowest BCUT2D eigenvalue weighted by Crippen LogP contribution is -2.60. The molecule has 39 heavy (non-hydrogen) atoms. The molecule has 0 bridgehead atoms. The van der Waals surface area contributed by atoms with Gasteiger partial charge in [-0.3, -0.25) is 14.4 Å². The summed E-state index contributed by atoms with van der Waals surface area (Å²) in [6, 6.07) is 2.97. The molecule has 0 spiro atoms. The normalized spacial score (nSPS) is 15.9. The Kier molecular flexibility index (Phi) is 12.4. The van der Waals surface area contributed by atoms with E-state index in [1.54, 1.807) is 13.1 Å². The summed E-state index contributed by atoms with van der Waals surface area (Å²) in [5.41, 5.74) is 13.2. The first-order chi connectivity index (χ1) is 18.5. The van der Waals surface area contributed by atoms with Gasteiger partial charge < -0.3 is 42.6 Å². The summed E-state index contributed by atoms with van der Waals surface area (Å²) in [5, 5.41) is 27.8. The van der Waals surface area contributed by atoms with Crippen molar-refractivity contribution in [3.8, 4) is 0 Å². The molecule has 12 heteroatoms. The maximum absolute atomic E-state index is 13.6. The van der Waals surface area contributed by atoms with Gasteiger partial charge in [-0.2, -0.15) is 0 Å². The number of carboxylic acids is 1. The van der Waals surface area contributed by atoms with Gasteiger partial charge in [-0.15, -0.1) is 0 Å². The van der Waals surface area contributed by atoms with E-state index in [0.29, 0.717) is 25.8 Å². The van der Waals surface area contributed by atoms with E-state index in [9.17, 15) is 29.4 Å². The van der Waals surface area contributed by atoms with Crippen LogP contribution in [0.2, 0.25) is 0 Å². The highest BCUT2D eigenvalue weighted by Gasteiger charge is 2.34. The number of aromatic nitrogens is 1. The lowest BCUT2D eigenvalue weighted by Gasteiger charge is -2.28. The van der Waals surface area contributed by atoms with Gasteiger partial charge >= 0.3 is 5.97 Å². The number of fused-ring (bicyclic) bond motifs is 1. The standard InChI is InChI=1S/C27H42N6O6/c1-4-15(2)22(26(37)33-23(16(3)34)27(38)39)32-25(36)21(31-24(35)19(29)10-7-8-12-28)13-17-14-30-20-11-6-5-9-18(17)20/h5-6,9,11,14-16,19,21-23,30,34H,4,7-8,10,12-13,28-29H2,1-3H3,(H,31,35)(H,32,36)(H,33,37)(H,38,39). The molecule has 12 nitrogen and oxygen atoms in total. The molecule has 0 aliphatic rings. The minimum Gasteiger partial charge on any atom is -0.480 e. The van der Waals surface area contributed by atoms with Crippen LogP contribution in [0, 0.1) is 5.92 Å². The third-order valence-electron chi connectivity index (χ3n) is 6.88. The molecule has 0 fully saturated rings. The average molecular weight is 547 g/mol. The monoisotopic (exact) mass is 546 g/mol. The summed E-state index contributed by atoms with van der Waals surface area (Å²) in [6.45, 7) is 5.30. The molecule has 6 atom stereocenters. The number of H-pyrrole nitrogens is 1. The molecule has 10 N–H and O–H groups in total. The number of hydrogen-bond acceptors (Lipinski definition) is 7. The van der Waals surface area contributed by atoms with Crippen molar-refractivity contribution in [2.45, 2.75) is 83.1 Å². The maximum Gasteiger partial charge on any atom is 0.328 e. The number of aliphatic carboxylic acids is 1. The quantitative estimate of drug-likeness (QED) is 0.135. The van der Waals surface area contributed by atoms with Gasteiger partial charge in [-0.1, -0.05) is 44.9 Å². The molecule has 0 saturated heterocycles. The number of rotatable bonds is 16. The zero-order valence-corrected chi connectivity index (χ0v) is 22.8. The van der Waals surface area contributed by atoms with Crippen molar-refractivity contribution in [2.75, 3.05) is 6.54 Å². The smallest absolute Gasteiger partial charge is 0.328 e. The van der Waals surface area contributed by atoms with Crippen molar-refractivity contribution in [2.24, 2.45) is 17.4 Å². The Morgan fingerprint density at radius 2 is 1.64 bits per heavy atom.